The van der Waals surface area contributed by atoms with Crippen LogP contribution in [0.2, 0.25) is 0 Å². The maximum atomic E-state index is 11.8. The van der Waals surface area contributed by atoms with Crippen LogP contribution in [0.25, 0.3) is 0 Å². The van der Waals surface area contributed by atoms with E-state index in [1.807, 2.05) is 33.9 Å². The molecule has 0 radical (unpaired) electrons. The summed E-state index contributed by atoms with van der Waals surface area (Å²) in [6.07, 6.45) is 1.86. The highest BCUT2D eigenvalue weighted by Gasteiger charge is 2.28. The van der Waals surface area contributed by atoms with Crippen molar-refractivity contribution >= 4 is 17.2 Å². The number of hydrogen-bond donors (Lipinski definition) is 1. The second-order valence-corrected chi connectivity index (χ2v) is 6.23. The Morgan fingerprint density at radius 1 is 1.53 bits per heavy atom. The van der Waals surface area contributed by atoms with Gasteiger partial charge in [0.25, 0.3) is 0 Å². The molecule has 1 rings (SSSR count). The summed E-state index contributed by atoms with van der Waals surface area (Å²) in [5.74, 6) is 0.0753. The Morgan fingerprint density at radius 2 is 2.12 bits per heavy atom. The molecule has 1 unspecified atom stereocenters. The zero-order valence-electron chi connectivity index (χ0n) is 11.4. The molecule has 0 bridgehead atoms. The molecule has 0 aliphatic heterocycles. The topological polar surface area (TPSA) is 45.2 Å². The number of hydrogen-bond acceptors (Lipinski definition) is 4. The number of rotatable bonds is 4. The fourth-order valence-electron chi connectivity index (χ4n) is 1.70. The number of aromatic nitrogens is 1. The average molecular weight is 255 g/mol. The Labute approximate surface area is 107 Å². The third-order valence-corrected chi connectivity index (χ3v) is 3.78. The van der Waals surface area contributed by atoms with E-state index in [9.17, 15) is 4.79 Å². The zero-order valence-corrected chi connectivity index (χ0v) is 12.2. The van der Waals surface area contributed by atoms with Crippen LogP contribution in [-0.4, -0.2) is 35.9 Å². The third kappa shape index (κ3) is 3.51. The van der Waals surface area contributed by atoms with Crippen LogP contribution in [0.15, 0.2) is 6.20 Å². The number of carbonyl (C=O) groups is 1. The van der Waals surface area contributed by atoms with Gasteiger partial charge in [-0.05, 0) is 27.7 Å². The fourth-order valence-corrected chi connectivity index (χ4v) is 2.53. The van der Waals surface area contributed by atoms with E-state index in [0.29, 0.717) is 0 Å². The molecule has 96 valence electrons. The molecule has 4 nitrogen and oxygen atoms in total. The van der Waals surface area contributed by atoms with Crippen LogP contribution in [0.3, 0.4) is 0 Å². The predicted molar refractivity (Wildman–Crippen MR) is 71.2 cm³/mol. The van der Waals surface area contributed by atoms with E-state index in [1.54, 1.807) is 30.3 Å². The van der Waals surface area contributed by atoms with E-state index in [2.05, 4.69) is 10.3 Å². The highest BCUT2D eigenvalue weighted by Crippen LogP contribution is 2.25. The quantitative estimate of drug-likeness (QED) is 0.891. The lowest BCUT2D eigenvalue weighted by atomic mass is 10.1. The molecule has 1 heterocycles. The summed E-state index contributed by atoms with van der Waals surface area (Å²) in [7, 11) is 3.53. The van der Waals surface area contributed by atoms with Gasteiger partial charge in [-0.1, -0.05) is 0 Å². The molecule has 0 saturated carbocycles. The number of amides is 1. The first kappa shape index (κ1) is 14.1. The van der Waals surface area contributed by atoms with Gasteiger partial charge in [0.15, 0.2) is 0 Å². The van der Waals surface area contributed by atoms with Crippen molar-refractivity contribution in [2.24, 2.45) is 0 Å². The lowest BCUT2D eigenvalue weighted by Crippen LogP contribution is -2.49. The van der Waals surface area contributed by atoms with Gasteiger partial charge in [0.1, 0.15) is 5.01 Å². The number of nitrogens with zero attached hydrogens (tertiary/aromatic N) is 2. The Kier molecular flexibility index (Phi) is 4.27. The molecule has 0 saturated heterocycles. The lowest BCUT2D eigenvalue weighted by molar-refractivity contribution is -0.131. The molecule has 5 heteroatoms. The lowest BCUT2D eigenvalue weighted by Gasteiger charge is -2.29. The molecule has 0 spiro atoms. The summed E-state index contributed by atoms with van der Waals surface area (Å²) in [4.78, 5) is 19.0. The largest absolute Gasteiger partial charge is 0.347 e. The van der Waals surface area contributed by atoms with Gasteiger partial charge in [0.2, 0.25) is 5.91 Å². The van der Waals surface area contributed by atoms with Gasteiger partial charge in [0.05, 0.1) is 11.6 Å². The van der Waals surface area contributed by atoms with E-state index >= 15 is 0 Å². The molecule has 17 heavy (non-hydrogen) atoms. The van der Waals surface area contributed by atoms with Crippen LogP contribution in [0.5, 0.6) is 0 Å². The second kappa shape index (κ2) is 5.14. The van der Waals surface area contributed by atoms with E-state index in [1.165, 1.54) is 4.88 Å². The standard InChI is InChI=1S/C12H21N3OS/c1-8-7-13-11(17-8)12(3,4)14-9(2)10(16)15(5)6/h7,9,14H,1-6H3. The molecular formula is C12H21N3OS. The summed E-state index contributed by atoms with van der Waals surface area (Å²) in [5, 5.41) is 4.33. The molecule has 0 aromatic carbocycles. The highest BCUT2D eigenvalue weighted by molar-refractivity contribution is 7.11. The first-order valence-corrected chi connectivity index (χ1v) is 6.47. The van der Waals surface area contributed by atoms with Gasteiger partial charge in [-0.2, -0.15) is 0 Å². The second-order valence-electron chi connectivity index (χ2n) is 5.00. The molecule has 1 N–H and O–H groups in total. The Morgan fingerprint density at radius 3 is 2.53 bits per heavy atom. The molecule has 1 aromatic heterocycles. The predicted octanol–water partition coefficient (Wildman–Crippen LogP) is 1.75. The van der Waals surface area contributed by atoms with Crippen LogP contribution < -0.4 is 5.32 Å². The number of likely N-dealkylation sites (N-methyl/N-ethyl adjacent to an activating group) is 1. The minimum atomic E-state index is -0.288. The van der Waals surface area contributed by atoms with Crippen LogP contribution in [0.4, 0.5) is 0 Å². The molecule has 1 atom stereocenters. The summed E-state index contributed by atoms with van der Waals surface area (Å²) >= 11 is 1.66. The fraction of sp³-hybridized carbons (Fsp3) is 0.667. The van der Waals surface area contributed by atoms with Crippen molar-refractivity contribution in [2.45, 2.75) is 39.3 Å². The third-order valence-electron chi connectivity index (χ3n) is 2.54. The molecule has 0 aliphatic rings. The van der Waals surface area contributed by atoms with Crippen LogP contribution in [0, 0.1) is 6.92 Å². The Balaban J connectivity index is 2.76. The summed E-state index contributed by atoms with van der Waals surface area (Å²) in [6.45, 7) is 8.01. The van der Waals surface area contributed by atoms with Gasteiger partial charge in [-0.25, -0.2) is 4.98 Å². The molecule has 0 fully saturated rings. The van der Waals surface area contributed by atoms with Crippen molar-refractivity contribution in [3.8, 4) is 0 Å². The molecular weight excluding hydrogens is 234 g/mol. The molecule has 1 aromatic rings. The van der Waals surface area contributed by atoms with Crippen molar-refractivity contribution < 1.29 is 4.79 Å². The van der Waals surface area contributed by atoms with Gasteiger partial charge < -0.3 is 4.90 Å². The molecule has 0 aliphatic carbocycles. The van der Waals surface area contributed by atoms with Crippen molar-refractivity contribution in [3.63, 3.8) is 0 Å². The van der Waals surface area contributed by atoms with Crippen LogP contribution in [-0.2, 0) is 10.3 Å². The normalized spacial score (nSPS) is 13.5. The SMILES string of the molecule is Cc1cnc(C(C)(C)NC(C)C(=O)N(C)C)s1. The van der Waals surface area contributed by atoms with Gasteiger partial charge in [0, 0.05) is 25.2 Å². The maximum Gasteiger partial charge on any atom is 0.238 e. The average Bonchev–Trinajstić information content (AvgIpc) is 2.63. The minimum absolute atomic E-state index is 0.0753. The van der Waals surface area contributed by atoms with Gasteiger partial charge in [-0.3, -0.25) is 10.1 Å². The summed E-state index contributed by atoms with van der Waals surface area (Å²) in [5.41, 5.74) is -0.288. The number of carbonyl (C=O) groups excluding carboxylic acids is 1. The van der Waals surface area contributed by atoms with Crippen LogP contribution >= 0.6 is 11.3 Å². The minimum Gasteiger partial charge on any atom is -0.347 e. The van der Waals surface area contributed by atoms with Gasteiger partial charge in [-0.15, -0.1) is 11.3 Å². The molecule has 1 amide bonds. The summed E-state index contributed by atoms with van der Waals surface area (Å²) < 4.78 is 0. The smallest absolute Gasteiger partial charge is 0.238 e. The van der Waals surface area contributed by atoms with Crippen molar-refractivity contribution in [3.05, 3.63) is 16.1 Å². The van der Waals surface area contributed by atoms with E-state index in [0.717, 1.165) is 5.01 Å². The Bertz CT molecular complexity index is 398. The van der Waals surface area contributed by atoms with E-state index in [-0.39, 0.29) is 17.5 Å². The van der Waals surface area contributed by atoms with Crippen LogP contribution in [0.1, 0.15) is 30.7 Å². The van der Waals surface area contributed by atoms with E-state index < -0.39 is 0 Å². The number of aryl methyl sites for hydroxylation is 1. The summed E-state index contributed by atoms with van der Waals surface area (Å²) in [6, 6.07) is -0.218. The van der Waals surface area contributed by atoms with Crippen molar-refractivity contribution in [1.29, 1.82) is 0 Å². The highest BCUT2D eigenvalue weighted by atomic mass is 32.1. The number of nitrogens with one attached hydrogen (secondary N) is 1. The van der Waals surface area contributed by atoms with Crippen molar-refractivity contribution in [2.75, 3.05) is 14.1 Å². The Hall–Kier alpha value is -0.940. The number of thiazole rings is 1. The van der Waals surface area contributed by atoms with Crippen molar-refractivity contribution in [1.82, 2.24) is 15.2 Å². The first-order valence-electron chi connectivity index (χ1n) is 5.66. The maximum absolute atomic E-state index is 11.8. The van der Waals surface area contributed by atoms with E-state index in [4.69, 9.17) is 0 Å². The monoisotopic (exact) mass is 255 g/mol. The zero-order chi connectivity index (χ0) is 13.2. The first-order chi connectivity index (χ1) is 7.74. The van der Waals surface area contributed by atoms with Gasteiger partial charge >= 0.3 is 0 Å².